The minimum Gasteiger partial charge on any atom is -0.469 e. The van der Waals surface area contributed by atoms with Crippen molar-refractivity contribution in [1.82, 2.24) is 10.3 Å². The van der Waals surface area contributed by atoms with Crippen LogP contribution < -0.4 is 5.32 Å². The zero-order valence-electron chi connectivity index (χ0n) is 11.0. The summed E-state index contributed by atoms with van der Waals surface area (Å²) < 4.78 is 5.32. The molecule has 0 bridgehead atoms. The molecule has 2 aromatic rings. The summed E-state index contributed by atoms with van der Waals surface area (Å²) in [6.07, 6.45) is 5.72. The van der Waals surface area contributed by atoms with Crippen LogP contribution in [0.25, 0.3) is 0 Å². The Bertz CT molecular complexity index is 448. The Labute approximate surface area is 108 Å². The van der Waals surface area contributed by atoms with E-state index in [9.17, 15) is 0 Å². The molecular formula is C15H20N2O. The van der Waals surface area contributed by atoms with E-state index in [1.54, 1.807) is 6.26 Å². The van der Waals surface area contributed by atoms with Gasteiger partial charge in [-0.25, -0.2) is 0 Å². The van der Waals surface area contributed by atoms with Gasteiger partial charge < -0.3 is 9.73 Å². The predicted molar refractivity (Wildman–Crippen MR) is 72.3 cm³/mol. The van der Waals surface area contributed by atoms with E-state index in [4.69, 9.17) is 4.42 Å². The standard InChI is InChI=1S/C15H20N2O/c1-12-5-7-14(10-16-12)11-17-13(2)6-8-15-4-3-9-18-15/h3-5,7,9-10,13,17H,6,8,11H2,1-2H3. The number of furan rings is 1. The first-order chi connectivity index (χ1) is 8.74. The Kier molecular flexibility index (Phi) is 4.53. The summed E-state index contributed by atoms with van der Waals surface area (Å²) in [7, 11) is 0. The Morgan fingerprint density at radius 1 is 1.33 bits per heavy atom. The van der Waals surface area contributed by atoms with Gasteiger partial charge in [-0.15, -0.1) is 0 Å². The van der Waals surface area contributed by atoms with Gasteiger partial charge in [0, 0.05) is 30.9 Å². The maximum Gasteiger partial charge on any atom is 0.103 e. The second kappa shape index (κ2) is 6.36. The molecule has 0 aromatic carbocycles. The van der Waals surface area contributed by atoms with Crippen LogP contribution in [0.2, 0.25) is 0 Å². The van der Waals surface area contributed by atoms with Gasteiger partial charge in [0.2, 0.25) is 0 Å². The maximum absolute atomic E-state index is 5.32. The number of pyridine rings is 1. The van der Waals surface area contributed by atoms with Crippen LogP contribution in [0.5, 0.6) is 0 Å². The molecule has 0 spiro atoms. The van der Waals surface area contributed by atoms with Crippen molar-refractivity contribution in [1.29, 1.82) is 0 Å². The highest BCUT2D eigenvalue weighted by atomic mass is 16.3. The molecule has 96 valence electrons. The molecule has 2 rings (SSSR count). The summed E-state index contributed by atoms with van der Waals surface area (Å²) in [5.41, 5.74) is 2.29. The van der Waals surface area contributed by atoms with E-state index in [-0.39, 0.29) is 0 Å². The summed E-state index contributed by atoms with van der Waals surface area (Å²) in [5, 5.41) is 3.50. The van der Waals surface area contributed by atoms with Gasteiger partial charge in [-0.3, -0.25) is 4.98 Å². The van der Waals surface area contributed by atoms with Crippen molar-refractivity contribution in [3.8, 4) is 0 Å². The Balaban J connectivity index is 1.71. The van der Waals surface area contributed by atoms with Gasteiger partial charge in [-0.1, -0.05) is 6.07 Å². The molecule has 1 unspecified atom stereocenters. The number of hydrogen-bond acceptors (Lipinski definition) is 3. The summed E-state index contributed by atoms with van der Waals surface area (Å²) >= 11 is 0. The highest BCUT2D eigenvalue weighted by Crippen LogP contribution is 2.06. The zero-order chi connectivity index (χ0) is 12.8. The minimum atomic E-state index is 0.469. The molecule has 0 aliphatic rings. The average molecular weight is 244 g/mol. The van der Waals surface area contributed by atoms with E-state index in [1.165, 1.54) is 5.56 Å². The minimum absolute atomic E-state index is 0.469. The second-order valence-electron chi connectivity index (χ2n) is 4.71. The fraction of sp³-hybridized carbons (Fsp3) is 0.400. The van der Waals surface area contributed by atoms with Gasteiger partial charge >= 0.3 is 0 Å². The maximum atomic E-state index is 5.32. The lowest BCUT2D eigenvalue weighted by molar-refractivity contribution is 0.459. The second-order valence-corrected chi connectivity index (χ2v) is 4.71. The Morgan fingerprint density at radius 3 is 2.89 bits per heavy atom. The largest absolute Gasteiger partial charge is 0.469 e. The lowest BCUT2D eigenvalue weighted by Gasteiger charge is -2.12. The van der Waals surface area contributed by atoms with E-state index >= 15 is 0 Å². The van der Waals surface area contributed by atoms with Crippen LogP contribution in [0.4, 0.5) is 0 Å². The third kappa shape index (κ3) is 4.00. The smallest absolute Gasteiger partial charge is 0.103 e. The molecule has 0 saturated carbocycles. The quantitative estimate of drug-likeness (QED) is 0.848. The molecule has 0 aliphatic carbocycles. The molecule has 3 nitrogen and oxygen atoms in total. The number of nitrogens with zero attached hydrogens (tertiary/aromatic N) is 1. The third-order valence-electron chi connectivity index (χ3n) is 3.03. The molecule has 0 saturated heterocycles. The lowest BCUT2D eigenvalue weighted by Crippen LogP contribution is -2.25. The molecule has 3 heteroatoms. The fourth-order valence-electron chi connectivity index (χ4n) is 1.81. The summed E-state index contributed by atoms with van der Waals surface area (Å²) in [5.74, 6) is 1.06. The summed E-state index contributed by atoms with van der Waals surface area (Å²) in [6, 6.07) is 8.60. The first-order valence-electron chi connectivity index (χ1n) is 6.41. The van der Waals surface area contributed by atoms with Crippen molar-refractivity contribution in [3.05, 3.63) is 53.7 Å². The third-order valence-corrected chi connectivity index (χ3v) is 3.03. The number of aromatic nitrogens is 1. The molecule has 1 atom stereocenters. The fourth-order valence-corrected chi connectivity index (χ4v) is 1.81. The Morgan fingerprint density at radius 2 is 2.22 bits per heavy atom. The normalized spacial score (nSPS) is 12.6. The molecule has 0 fully saturated rings. The zero-order valence-corrected chi connectivity index (χ0v) is 11.0. The van der Waals surface area contributed by atoms with Gasteiger partial charge in [0.05, 0.1) is 6.26 Å². The van der Waals surface area contributed by atoms with Crippen LogP contribution in [0, 0.1) is 6.92 Å². The first-order valence-corrected chi connectivity index (χ1v) is 6.41. The first kappa shape index (κ1) is 12.8. The monoisotopic (exact) mass is 244 g/mol. The number of aryl methyl sites for hydroxylation is 2. The molecule has 0 aliphatic heterocycles. The van der Waals surface area contributed by atoms with Crippen molar-refractivity contribution in [2.24, 2.45) is 0 Å². The molecule has 2 aromatic heterocycles. The molecule has 0 radical (unpaired) electrons. The van der Waals surface area contributed by atoms with Crippen molar-refractivity contribution >= 4 is 0 Å². The molecule has 1 N–H and O–H groups in total. The van der Waals surface area contributed by atoms with Crippen molar-refractivity contribution in [2.45, 2.75) is 39.3 Å². The van der Waals surface area contributed by atoms with Gasteiger partial charge in [0.25, 0.3) is 0 Å². The van der Waals surface area contributed by atoms with E-state index < -0.39 is 0 Å². The van der Waals surface area contributed by atoms with Gasteiger partial charge in [0.15, 0.2) is 0 Å². The highest BCUT2D eigenvalue weighted by Gasteiger charge is 2.04. The Hall–Kier alpha value is -1.61. The van der Waals surface area contributed by atoms with E-state index in [1.807, 2.05) is 31.3 Å². The topological polar surface area (TPSA) is 38.1 Å². The summed E-state index contributed by atoms with van der Waals surface area (Å²) in [4.78, 5) is 4.29. The van der Waals surface area contributed by atoms with E-state index in [0.717, 1.165) is 30.8 Å². The number of rotatable bonds is 6. The van der Waals surface area contributed by atoms with E-state index in [2.05, 4.69) is 23.3 Å². The number of nitrogens with one attached hydrogen (secondary N) is 1. The summed E-state index contributed by atoms with van der Waals surface area (Å²) in [6.45, 7) is 5.07. The molecule has 18 heavy (non-hydrogen) atoms. The van der Waals surface area contributed by atoms with Gasteiger partial charge in [0.1, 0.15) is 5.76 Å². The number of hydrogen-bond donors (Lipinski definition) is 1. The van der Waals surface area contributed by atoms with Crippen LogP contribution in [-0.4, -0.2) is 11.0 Å². The lowest BCUT2D eigenvalue weighted by atomic mass is 10.1. The van der Waals surface area contributed by atoms with Gasteiger partial charge in [-0.2, -0.15) is 0 Å². The van der Waals surface area contributed by atoms with Gasteiger partial charge in [-0.05, 0) is 44.0 Å². The van der Waals surface area contributed by atoms with E-state index in [0.29, 0.717) is 6.04 Å². The molecular weight excluding hydrogens is 224 g/mol. The van der Waals surface area contributed by atoms with Crippen molar-refractivity contribution in [3.63, 3.8) is 0 Å². The van der Waals surface area contributed by atoms with Crippen LogP contribution in [0.3, 0.4) is 0 Å². The average Bonchev–Trinajstić information content (AvgIpc) is 2.89. The SMILES string of the molecule is Cc1ccc(CNC(C)CCc2ccco2)cn1. The van der Waals surface area contributed by atoms with Crippen molar-refractivity contribution < 1.29 is 4.42 Å². The van der Waals surface area contributed by atoms with Crippen LogP contribution >= 0.6 is 0 Å². The van der Waals surface area contributed by atoms with Crippen molar-refractivity contribution in [2.75, 3.05) is 0 Å². The molecule has 0 amide bonds. The van der Waals surface area contributed by atoms with Crippen LogP contribution in [0.15, 0.2) is 41.1 Å². The highest BCUT2D eigenvalue weighted by molar-refractivity contribution is 5.12. The van der Waals surface area contributed by atoms with Crippen LogP contribution in [-0.2, 0) is 13.0 Å². The van der Waals surface area contributed by atoms with Crippen LogP contribution in [0.1, 0.15) is 30.4 Å². The molecule has 2 heterocycles. The predicted octanol–water partition coefficient (Wildman–Crippen LogP) is 3.09.